The van der Waals surface area contributed by atoms with E-state index >= 15 is 0 Å². The van der Waals surface area contributed by atoms with Gasteiger partial charge in [-0.1, -0.05) is 12.1 Å². The van der Waals surface area contributed by atoms with E-state index in [1.54, 1.807) is 24.3 Å². The number of aromatic nitrogens is 2. The van der Waals surface area contributed by atoms with E-state index in [1.165, 1.54) is 31.4 Å². The number of anilines is 1. The molecule has 0 saturated heterocycles. The van der Waals surface area contributed by atoms with Crippen molar-refractivity contribution >= 4 is 34.3 Å². The maximum absolute atomic E-state index is 13.0. The van der Waals surface area contributed by atoms with E-state index in [0.29, 0.717) is 34.1 Å². The number of hydrogen-bond acceptors (Lipinski definition) is 5. The molecule has 0 spiro atoms. The predicted molar refractivity (Wildman–Crippen MR) is 128 cm³/mol. The smallest absolute Gasteiger partial charge is 0.262 e. The number of aromatic amines is 1. The number of nitrogens with zero attached hydrogens (tertiary/aromatic N) is 2. The number of imidazole rings is 1. The van der Waals surface area contributed by atoms with Gasteiger partial charge in [-0.25, -0.2) is 9.37 Å². The number of H-pyrrole nitrogens is 1. The molecule has 0 bridgehead atoms. The summed E-state index contributed by atoms with van der Waals surface area (Å²) in [5.74, 6) is 0.458. The van der Waals surface area contributed by atoms with Crippen molar-refractivity contribution in [3.05, 3.63) is 83.4 Å². The minimum absolute atomic E-state index is 0.259. The first kappa shape index (κ1) is 22.6. The number of hydrogen-bond donors (Lipinski definition) is 2. The van der Waals surface area contributed by atoms with Crippen LogP contribution in [0.1, 0.15) is 17.0 Å². The van der Waals surface area contributed by atoms with Crippen LogP contribution in [0.4, 0.5) is 10.1 Å². The van der Waals surface area contributed by atoms with E-state index in [1.807, 2.05) is 25.1 Å². The zero-order valence-corrected chi connectivity index (χ0v) is 18.6. The maximum atomic E-state index is 13.0. The maximum Gasteiger partial charge on any atom is 0.262 e. The third kappa shape index (κ3) is 5.22. The molecule has 7 nitrogen and oxygen atoms in total. The van der Waals surface area contributed by atoms with Crippen molar-refractivity contribution in [1.82, 2.24) is 9.97 Å². The number of methoxy groups -OCH3 is 1. The summed E-state index contributed by atoms with van der Waals surface area (Å²) in [6, 6.07) is 18.6. The van der Waals surface area contributed by atoms with Crippen LogP contribution in [0.15, 0.2) is 60.7 Å². The molecule has 1 amide bonds. The molecule has 1 heterocycles. The number of amides is 1. The highest BCUT2D eigenvalue weighted by molar-refractivity contribution is 5.92. The van der Waals surface area contributed by atoms with Crippen molar-refractivity contribution in [1.29, 1.82) is 5.26 Å². The topological polar surface area (TPSA) is 100 Å². The molecular formula is C26H21FN4O3. The van der Waals surface area contributed by atoms with Crippen LogP contribution in [0.5, 0.6) is 11.5 Å². The third-order valence-electron chi connectivity index (χ3n) is 5.00. The van der Waals surface area contributed by atoms with Crippen molar-refractivity contribution in [2.45, 2.75) is 6.92 Å². The molecule has 8 heteroatoms. The second kappa shape index (κ2) is 9.88. The fourth-order valence-electron chi connectivity index (χ4n) is 3.34. The van der Waals surface area contributed by atoms with E-state index < -0.39 is 5.91 Å². The SMILES string of the molecule is COc1cc(/C=C(/C#N)c2nc3ccc(C)cc3[nH]2)ccc1OCC(=O)Nc1ccc(F)cc1. The van der Waals surface area contributed by atoms with E-state index in [0.717, 1.165) is 16.6 Å². The summed E-state index contributed by atoms with van der Waals surface area (Å²) < 4.78 is 24.0. The van der Waals surface area contributed by atoms with Gasteiger partial charge in [0.05, 0.1) is 23.7 Å². The van der Waals surface area contributed by atoms with Crippen LogP contribution in [-0.4, -0.2) is 29.6 Å². The number of allylic oxidation sites excluding steroid dienone is 1. The fraction of sp³-hybridized carbons (Fsp3) is 0.115. The van der Waals surface area contributed by atoms with Crippen LogP contribution in [0.2, 0.25) is 0 Å². The Kier molecular flexibility index (Phi) is 6.55. The summed E-state index contributed by atoms with van der Waals surface area (Å²) in [6.07, 6.45) is 1.69. The molecule has 0 aliphatic heterocycles. The average Bonchev–Trinajstić information content (AvgIpc) is 3.26. The van der Waals surface area contributed by atoms with Crippen molar-refractivity contribution in [2.75, 3.05) is 19.0 Å². The Morgan fingerprint density at radius 2 is 1.94 bits per heavy atom. The number of ether oxygens (including phenoxy) is 2. The number of carbonyl (C=O) groups is 1. The van der Waals surface area contributed by atoms with E-state index in [4.69, 9.17) is 9.47 Å². The molecule has 0 aliphatic rings. The van der Waals surface area contributed by atoms with Crippen LogP contribution >= 0.6 is 0 Å². The van der Waals surface area contributed by atoms with Gasteiger partial charge < -0.3 is 19.8 Å². The number of carbonyl (C=O) groups excluding carboxylic acids is 1. The van der Waals surface area contributed by atoms with Gasteiger partial charge in [-0.2, -0.15) is 5.26 Å². The minimum atomic E-state index is -0.399. The Hall–Kier alpha value is -4.64. The molecule has 0 unspecified atom stereocenters. The minimum Gasteiger partial charge on any atom is -0.493 e. The van der Waals surface area contributed by atoms with E-state index in [2.05, 4.69) is 21.4 Å². The molecule has 0 aliphatic carbocycles. The molecule has 170 valence electrons. The summed E-state index contributed by atoms with van der Waals surface area (Å²) in [6.45, 7) is 1.73. The van der Waals surface area contributed by atoms with Crippen molar-refractivity contribution in [3.8, 4) is 17.6 Å². The van der Waals surface area contributed by atoms with Crippen molar-refractivity contribution in [3.63, 3.8) is 0 Å². The lowest BCUT2D eigenvalue weighted by Crippen LogP contribution is -2.20. The monoisotopic (exact) mass is 456 g/mol. The number of nitrogens with one attached hydrogen (secondary N) is 2. The van der Waals surface area contributed by atoms with Gasteiger partial charge >= 0.3 is 0 Å². The molecule has 2 N–H and O–H groups in total. The zero-order valence-electron chi connectivity index (χ0n) is 18.6. The van der Waals surface area contributed by atoms with Gasteiger partial charge in [-0.05, 0) is 72.7 Å². The van der Waals surface area contributed by atoms with Crippen LogP contribution in [-0.2, 0) is 4.79 Å². The first-order chi connectivity index (χ1) is 16.4. The highest BCUT2D eigenvalue weighted by Crippen LogP contribution is 2.30. The lowest BCUT2D eigenvalue weighted by atomic mass is 10.1. The van der Waals surface area contributed by atoms with Gasteiger partial charge in [0.25, 0.3) is 5.91 Å². The van der Waals surface area contributed by atoms with Gasteiger partial charge in [0.2, 0.25) is 0 Å². The summed E-state index contributed by atoms with van der Waals surface area (Å²) in [5, 5.41) is 12.3. The second-order valence-corrected chi connectivity index (χ2v) is 7.53. The van der Waals surface area contributed by atoms with Gasteiger partial charge in [-0.15, -0.1) is 0 Å². The van der Waals surface area contributed by atoms with Crippen LogP contribution < -0.4 is 14.8 Å². The molecule has 1 aromatic heterocycles. The normalized spacial score (nSPS) is 11.2. The molecule has 3 aromatic carbocycles. The Morgan fingerprint density at radius 1 is 1.15 bits per heavy atom. The van der Waals surface area contributed by atoms with Crippen LogP contribution in [0.3, 0.4) is 0 Å². The first-order valence-corrected chi connectivity index (χ1v) is 10.4. The molecule has 34 heavy (non-hydrogen) atoms. The van der Waals surface area contributed by atoms with Gasteiger partial charge in [0, 0.05) is 5.69 Å². The lowest BCUT2D eigenvalue weighted by Gasteiger charge is -2.11. The Bertz CT molecular complexity index is 1420. The largest absolute Gasteiger partial charge is 0.493 e. The molecule has 4 rings (SSSR count). The third-order valence-corrected chi connectivity index (χ3v) is 5.00. The quantitative estimate of drug-likeness (QED) is 0.377. The zero-order chi connectivity index (χ0) is 24.1. The summed E-state index contributed by atoms with van der Waals surface area (Å²) in [7, 11) is 1.49. The highest BCUT2D eigenvalue weighted by Gasteiger charge is 2.11. The number of benzene rings is 3. The number of aryl methyl sites for hydroxylation is 1. The summed E-state index contributed by atoms with van der Waals surface area (Å²) >= 11 is 0. The molecule has 0 atom stereocenters. The highest BCUT2D eigenvalue weighted by atomic mass is 19.1. The summed E-state index contributed by atoms with van der Waals surface area (Å²) in [4.78, 5) is 19.8. The van der Waals surface area contributed by atoms with Gasteiger partial charge in [0.15, 0.2) is 18.1 Å². The van der Waals surface area contributed by atoms with Gasteiger partial charge in [0.1, 0.15) is 17.7 Å². The average molecular weight is 456 g/mol. The molecule has 4 aromatic rings. The predicted octanol–water partition coefficient (Wildman–Crippen LogP) is 5.10. The number of rotatable bonds is 7. The lowest BCUT2D eigenvalue weighted by molar-refractivity contribution is -0.118. The number of nitriles is 1. The second-order valence-electron chi connectivity index (χ2n) is 7.53. The Labute approximate surface area is 195 Å². The van der Waals surface area contributed by atoms with Crippen molar-refractivity contribution in [2.24, 2.45) is 0 Å². The first-order valence-electron chi connectivity index (χ1n) is 10.4. The number of halogens is 1. The van der Waals surface area contributed by atoms with Gasteiger partial charge in [-0.3, -0.25) is 4.79 Å². The van der Waals surface area contributed by atoms with Crippen LogP contribution in [0.25, 0.3) is 22.7 Å². The van der Waals surface area contributed by atoms with E-state index in [9.17, 15) is 14.4 Å². The summed E-state index contributed by atoms with van der Waals surface area (Å²) in [5.41, 5.74) is 4.26. The van der Waals surface area contributed by atoms with E-state index in [-0.39, 0.29) is 12.4 Å². The molecule has 0 radical (unpaired) electrons. The Balaban J connectivity index is 1.49. The van der Waals surface area contributed by atoms with Crippen molar-refractivity contribution < 1.29 is 18.7 Å². The molecular weight excluding hydrogens is 435 g/mol. The Morgan fingerprint density at radius 3 is 2.68 bits per heavy atom. The molecule has 0 saturated carbocycles. The standard InChI is InChI=1S/C26H21FN4O3/c1-16-3-9-21-22(11-16)31-26(30-21)18(14-28)12-17-4-10-23(24(13-17)33-2)34-15-25(32)29-20-7-5-19(27)6-8-20/h3-13H,15H2,1-2H3,(H,29,32)(H,30,31)/b18-12-. The van der Waals surface area contributed by atoms with Crippen LogP contribution in [0, 0.1) is 24.1 Å². The molecule has 0 fully saturated rings. The fourth-order valence-corrected chi connectivity index (χ4v) is 3.34. The number of fused-ring (bicyclic) bond motifs is 1.